The van der Waals surface area contributed by atoms with Gasteiger partial charge in [-0.15, -0.1) is 0 Å². The van der Waals surface area contributed by atoms with Gasteiger partial charge in [-0.05, 0) is 37.0 Å². The molecule has 126 valence electrons. The van der Waals surface area contributed by atoms with Crippen LogP contribution in [0.5, 0.6) is 5.75 Å². The number of carbonyl (C=O) groups is 2. The molecule has 1 aromatic rings. The first-order valence-corrected chi connectivity index (χ1v) is 8.32. The predicted octanol–water partition coefficient (Wildman–Crippen LogP) is 2.14. The molecule has 2 amide bonds. The minimum absolute atomic E-state index is 0.119. The first kappa shape index (κ1) is 17.3. The van der Waals surface area contributed by atoms with E-state index in [0.29, 0.717) is 25.9 Å². The molecular formula is C18H26N2O3. The van der Waals surface area contributed by atoms with E-state index in [1.54, 1.807) is 7.11 Å². The molecule has 0 saturated carbocycles. The molecule has 1 heterocycles. The van der Waals surface area contributed by atoms with E-state index in [9.17, 15) is 9.59 Å². The number of rotatable bonds is 6. The summed E-state index contributed by atoms with van der Waals surface area (Å²) in [4.78, 5) is 25.9. The van der Waals surface area contributed by atoms with Crippen molar-refractivity contribution in [2.45, 2.75) is 45.1 Å². The third-order valence-electron chi connectivity index (χ3n) is 4.18. The molecule has 1 aromatic carbocycles. The minimum Gasteiger partial charge on any atom is -0.497 e. The Morgan fingerprint density at radius 2 is 2.04 bits per heavy atom. The Morgan fingerprint density at radius 1 is 1.30 bits per heavy atom. The molecule has 1 N–H and O–H groups in total. The summed E-state index contributed by atoms with van der Waals surface area (Å²) in [5.41, 5.74) is 0.965. The molecule has 0 atom stereocenters. The van der Waals surface area contributed by atoms with Gasteiger partial charge in [0.15, 0.2) is 0 Å². The second-order valence-electron chi connectivity index (χ2n) is 6.00. The number of piperidine rings is 1. The number of amides is 2. The summed E-state index contributed by atoms with van der Waals surface area (Å²) in [6, 6.07) is 7.82. The molecule has 5 heteroatoms. The van der Waals surface area contributed by atoms with Gasteiger partial charge in [-0.25, -0.2) is 0 Å². The van der Waals surface area contributed by atoms with Crippen LogP contribution in [0.15, 0.2) is 24.3 Å². The summed E-state index contributed by atoms with van der Waals surface area (Å²) in [5, 5.41) is 3.05. The molecule has 0 aliphatic carbocycles. The number of methoxy groups -OCH3 is 1. The van der Waals surface area contributed by atoms with Crippen LogP contribution >= 0.6 is 0 Å². The highest BCUT2D eigenvalue weighted by atomic mass is 16.5. The summed E-state index contributed by atoms with van der Waals surface area (Å²) < 4.78 is 5.19. The second kappa shape index (κ2) is 8.56. The average Bonchev–Trinajstić information content (AvgIpc) is 2.56. The quantitative estimate of drug-likeness (QED) is 0.874. The Labute approximate surface area is 138 Å². The van der Waals surface area contributed by atoms with Gasteiger partial charge >= 0.3 is 0 Å². The summed E-state index contributed by atoms with van der Waals surface area (Å²) in [6.45, 7) is 3.42. The first-order chi connectivity index (χ1) is 11.1. The lowest BCUT2D eigenvalue weighted by atomic mass is 10.0. The number of hydrogen-bond acceptors (Lipinski definition) is 3. The molecule has 2 rings (SSSR count). The van der Waals surface area contributed by atoms with Crippen LogP contribution in [0.2, 0.25) is 0 Å². The largest absolute Gasteiger partial charge is 0.497 e. The van der Waals surface area contributed by atoms with E-state index in [-0.39, 0.29) is 17.9 Å². The number of benzene rings is 1. The van der Waals surface area contributed by atoms with Crippen molar-refractivity contribution >= 4 is 11.8 Å². The van der Waals surface area contributed by atoms with Gasteiger partial charge in [0.25, 0.3) is 0 Å². The van der Waals surface area contributed by atoms with Crippen molar-refractivity contribution in [1.82, 2.24) is 10.2 Å². The molecule has 5 nitrogen and oxygen atoms in total. The monoisotopic (exact) mass is 318 g/mol. The molecule has 0 radical (unpaired) electrons. The van der Waals surface area contributed by atoms with Crippen LogP contribution in [0.4, 0.5) is 0 Å². The van der Waals surface area contributed by atoms with Crippen LogP contribution in [-0.2, 0) is 16.0 Å². The zero-order valence-corrected chi connectivity index (χ0v) is 14.0. The molecule has 0 unspecified atom stereocenters. The zero-order valence-electron chi connectivity index (χ0n) is 14.0. The average molecular weight is 318 g/mol. The summed E-state index contributed by atoms with van der Waals surface area (Å²) in [7, 11) is 1.62. The van der Waals surface area contributed by atoms with Gasteiger partial charge in [0, 0.05) is 25.6 Å². The Bertz CT molecular complexity index is 537. The van der Waals surface area contributed by atoms with Gasteiger partial charge in [-0.2, -0.15) is 0 Å². The number of nitrogens with zero attached hydrogens (tertiary/aromatic N) is 1. The van der Waals surface area contributed by atoms with E-state index in [1.165, 1.54) is 0 Å². The fourth-order valence-electron chi connectivity index (χ4n) is 2.87. The highest BCUT2D eigenvalue weighted by molar-refractivity contribution is 5.79. The van der Waals surface area contributed by atoms with Crippen LogP contribution < -0.4 is 10.1 Å². The van der Waals surface area contributed by atoms with E-state index in [2.05, 4.69) is 5.32 Å². The van der Waals surface area contributed by atoms with E-state index < -0.39 is 0 Å². The van der Waals surface area contributed by atoms with E-state index >= 15 is 0 Å². The zero-order chi connectivity index (χ0) is 16.7. The predicted molar refractivity (Wildman–Crippen MR) is 89.4 cm³/mol. The molecule has 1 aliphatic heterocycles. The van der Waals surface area contributed by atoms with Crippen molar-refractivity contribution in [3.8, 4) is 5.75 Å². The van der Waals surface area contributed by atoms with E-state index in [1.807, 2.05) is 36.1 Å². The lowest BCUT2D eigenvalue weighted by Crippen LogP contribution is -2.46. The van der Waals surface area contributed by atoms with Crippen molar-refractivity contribution in [3.05, 3.63) is 29.8 Å². The maximum absolute atomic E-state index is 12.4. The fraction of sp³-hybridized carbons (Fsp3) is 0.556. The van der Waals surface area contributed by atoms with Crippen molar-refractivity contribution in [2.75, 3.05) is 20.2 Å². The SMILES string of the molecule is CCCC(=O)NC1CCN(C(=O)Cc2cccc(OC)c2)CC1. The topological polar surface area (TPSA) is 58.6 Å². The maximum Gasteiger partial charge on any atom is 0.226 e. The second-order valence-corrected chi connectivity index (χ2v) is 6.00. The van der Waals surface area contributed by atoms with E-state index in [4.69, 9.17) is 4.74 Å². The standard InChI is InChI=1S/C18H26N2O3/c1-3-5-17(21)19-15-8-10-20(11-9-15)18(22)13-14-6-4-7-16(12-14)23-2/h4,6-7,12,15H,3,5,8-11,13H2,1-2H3,(H,19,21). The molecule has 0 aromatic heterocycles. The smallest absolute Gasteiger partial charge is 0.226 e. The van der Waals surface area contributed by atoms with Gasteiger partial charge in [0.05, 0.1) is 13.5 Å². The van der Waals surface area contributed by atoms with Crippen LogP contribution in [0.1, 0.15) is 38.2 Å². The van der Waals surface area contributed by atoms with Crippen molar-refractivity contribution < 1.29 is 14.3 Å². The number of hydrogen-bond donors (Lipinski definition) is 1. The van der Waals surface area contributed by atoms with Gasteiger partial charge in [-0.1, -0.05) is 19.1 Å². The molecule has 0 bridgehead atoms. The molecule has 1 fully saturated rings. The summed E-state index contributed by atoms with van der Waals surface area (Å²) in [6.07, 6.45) is 3.50. The molecular weight excluding hydrogens is 292 g/mol. The maximum atomic E-state index is 12.4. The van der Waals surface area contributed by atoms with Gasteiger partial charge in [-0.3, -0.25) is 9.59 Å². The number of ether oxygens (including phenoxy) is 1. The van der Waals surface area contributed by atoms with Crippen LogP contribution in [0.25, 0.3) is 0 Å². The van der Waals surface area contributed by atoms with Gasteiger partial charge in [0.1, 0.15) is 5.75 Å². The molecule has 1 saturated heterocycles. The number of likely N-dealkylation sites (tertiary alicyclic amines) is 1. The molecule has 0 spiro atoms. The van der Waals surface area contributed by atoms with Crippen LogP contribution in [-0.4, -0.2) is 43.0 Å². The third kappa shape index (κ3) is 5.27. The molecule has 1 aliphatic rings. The van der Waals surface area contributed by atoms with Gasteiger partial charge in [0.2, 0.25) is 11.8 Å². The number of nitrogens with one attached hydrogen (secondary N) is 1. The first-order valence-electron chi connectivity index (χ1n) is 8.32. The van der Waals surface area contributed by atoms with Crippen molar-refractivity contribution in [1.29, 1.82) is 0 Å². The Hall–Kier alpha value is -2.04. The van der Waals surface area contributed by atoms with Crippen molar-refractivity contribution in [2.24, 2.45) is 0 Å². The Balaban J connectivity index is 1.80. The highest BCUT2D eigenvalue weighted by Crippen LogP contribution is 2.16. The lowest BCUT2D eigenvalue weighted by Gasteiger charge is -2.32. The Kier molecular flexibility index (Phi) is 6.44. The third-order valence-corrected chi connectivity index (χ3v) is 4.18. The molecule has 23 heavy (non-hydrogen) atoms. The summed E-state index contributed by atoms with van der Waals surface area (Å²) >= 11 is 0. The van der Waals surface area contributed by atoms with Crippen molar-refractivity contribution in [3.63, 3.8) is 0 Å². The highest BCUT2D eigenvalue weighted by Gasteiger charge is 2.23. The van der Waals surface area contributed by atoms with Crippen LogP contribution in [0.3, 0.4) is 0 Å². The fourth-order valence-corrected chi connectivity index (χ4v) is 2.87. The van der Waals surface area contributed by atoms with Gasteiger partial charge < -0.3 is 15.0 Å². The van der Waals surface area contributed by atoms with Crippen LogP contribution in [0, 0.1) is 0 Å². The normalized spacial score (nSPS) is 15.3. The van der Waals surface area contributed by atoms with E-state index in [0.717, 1.165) is 30.6 Å². The number of carbonyl (C=O) groups excluding carboxylic acids is 2. The Morgan fingerprint density at radius 3 is 2.70 bits per heavy atom. The summed E-state index contributed by atoms with van der Waals surface area (Å²) in [5.74, 6) is 1.03. The minimum atomic E-state index is 0.119. The lowest BCUT2D eigenvalue weighted by molar-refractivity contribution is -0.131.